The van der Waals surface area contributed by atoms with Crippen LogP contribution in [0.5, 0.6) is 0 Å². The number of anilines is 2. The standard InChI is InChI=1S/C14H17N3O3S2/c1-22(18,19)16-12-4-2-11(3-5-12)13-10-21-14(15-13)17-6-8-20-9-7-17/h2-5,10,16H,6-9H2,1H3. The third-order valence-corrected chi connectivity index (χ3v) is 4.77. The van der Waals surface area contributed by atoms with E-state index in [2.05, 4.69) is 14.6 Å². The van der Waals surface area contributed by atoms with E-state index in [1.807, 2.05) is 17.5 Å². The van der Waals surface area contributed by atoms with Crippen molar-refractivity contribution in [2.75, 3.05) is 42.2 Å². The highest BCUT2D eigenvalue weighted by Crippen LogP contribution is 2.28. The molecule has 1 saturated heterocycles. The van der Waals surface area contributed by atoms with Crippen molar-refractivity contribution in [2.45, 2.75) is 0 Å². The summed E-state index contributed by atoms with van der Waals surface area (Å²) in [5, 5.41) is 3.01. The molecule has 6 nitrogen and oxygen atoms in total. The van der Waals surface area contributed by atoms with Crippen molar-refractivity contribution in [3.05, 3.63) is 29.6 Å². The van der Waals surface area contributed by atoms with E-state index in [1.165, 1.54) is 0 Å². The SMILES string of the molecule is CS(=O)(=O)Nc1ccc(-c2csc(N3CCOCC3)n2)cc1. The minimum Gasteiger partial charge on any atom is -0.378 e. The Balaban J connectivity index is 1.75. The minimum absolute atomic E-state index is 0.551. The normalized spacial score (nSPS) is 15.8. The highest BCUT2D eigenvalue weighted by molar-refractivity contribution is 7.92. The van der Waals surface area contributed by atoms with Crippen molar-refractivity contribution >= 4 is 32.2 Å². The fraction of sp³-hybridized carbons (Fsp3) is 0.357. The van der Waals surface area contributed by atoms with E-state index in [-0.39, 0.29) is 0 Å². The summed E-state index contributed by atoms with van der Waals surface area (Å²) in [6.45, 7) is 3.20. The summed E-state index contributed by atoms with van der Waals surface area (Å²) in [6, 6.07) is 7.21. The molecule has 3 rings (SSSR count). The molecule has 0 aliphatic carbocycles. The number of morpholine rings is 1. The molecule has 0 saturated carbocycles. The van der Waals surface area contributed by atoms with Gasteiger partial charge in [-0.1, -0.05) is 12.1 Å². The average molecular weight is 339 g/mol. The molecule has 1 N–H and O–H groups in total. The number of rotatable bonds is 4. The third-order valence-electron chi connectivity index (χ3n) is 3.26. The molecule has 1 aliphatic rings. The molecule has 0 amide bonds. The summed E-state index contributed by atoms with van der Waals surface area (Å²) in [5.74, 6) is 0. The van der Waals surface area contributed by atoms with Crippen LogP contribution >= 0.6 is 11.3 Å². The first-order chi connectivity index (χ1) is 10.5. The molecule has 0 radical (unpaired) electrons. The Hall–Kier alpha value is -1.64. The van der Waals surface area contributed by atoms with Gasteiger partial charge in [0.15, 0.2) is 5.13 Å². The van der Waals surface area contributed by atoms with Crippen LogP contribution in [-0.4, -0.2) is 46.0 Å². The molecule has 22 heavy (non-hydrogen) atoms. The molecule has 1 aliphatic heterocycles. The maximum Gasteiger partial charge on any atom is 0.229 e. The van der Waals surface area contributed by atoms with Crippen molar-refractivity contribution in [3.8, 4) is 11.3 Å². The second kappa shape index (κ2) is 6.23. The summed E-state index contributed by atoms with van der Waals surface area (Å²) >= 11 is 1.61. The van der Waals surface area contributed by atoms with Gasteiger partial charge in [0.2, 0.25) is 10.0 Å². The van der Waals surface area contributed by atoms with Crippen LogP contribution in [0.2, 0.25) is 0 Å². The lowest BCUT2D eigenvalue weighted by Gasteiger charge is -2.26. The van der Waals surface area contributed by atoms with Crippen LogP contribution in [-0.2, 0) is 14.8 Å². The molecular weight excluding hydrogens is 322 g/mol. The molecule has 0 unspecified atom stereocenters. The number of hydrogen-bond acceptors (Lipinski definition) is 6. The summed E-state index contributed by atoms with van der Waals surface area (Å²) in [5.41, 5.74) is 2.42. The zero-order valence-electron chi connectivity index (χ0n) is 12.2. The molecule has 1 aromatic carbocycles. The highest BCUT2D eigenvalue weighted by atomic mass is 32.2. The van der Waals surface area contributed by atoms with Gasteiger partial charge in [0.25, 0.3) is 0 Å². The highest BCUT2D eigenvalue weighted by Gasteiger charge is 2.15. The van der Waals surface area contributed by atoms with Crippen LogP contribution in [0.4, 0.5) is 10.8 Å². The van der Waals surface area contributed by atoms with Crippen LogP contribution in [0.25, 0.3) is 11.3 Å². The van der Waals surface area contributed by atoms with Crippen LogP contribution < -0.4 is 9.62 Å². The first-order valence-electron chi connectivity index (χ1n) is 6.88. The number of hydrogen-bond donors (Lipinski definition) is 1. The number of ether oxygens (including phenoxy) is 1. The number of sulfonamides is 1. The lowest BCUT2D eigenvalue weighted by molar-refractivity contribution is 0.122. The molecule has 8 heteroatoms. The van der Waals surface area contributed by atoms with E-state index in [4.69, 9.17) is 4.74 Å². The Morgan fingerprint density at radius 3 is 2.55 bits per heavy atom. The summed E-state index contributed by atoms with van der Waals surface area (Å²) < 4.78 is 30.2. The van der Waals surface area contributed by atoms with Gasteiger partial charge >= 0.3 is 0 Å². The number of thiazole rings is 1. The Labute approximate surface area is 133 Å². The van der Waals surface area contributed by atoms with E-state index >= 15 is 0 Å². The smallest absolute Gasteiger partial charge is 0.229 e. The predicted octanol–water partition coefficient (Wildman–Crippen LogP) is 2.02. The van der Waals surface area contributed by atoms with Gasteiger partial charge in [0.05, 0.1) is 25.2 Å². The van der Waals surface area contributed by atoms with Gasteiger partial charge < -0.3 is 9.64 Å². The van der Waals surface area contributed by atoms with Gasteiger partial charge in [0, 0.05) is 29.7 Å². The van der Waals surface area contributed by atoms with Crippen LogP contribution in [0.1, 0.15) is 0 Å². The molecule has 2 heterocycles. The summed E-state index contributed by atoms with van der Waals surface area (Å²) in [4.78, 5) is 6.88. The van der Waals surface area contributed by atoms with Gasteiger partial charge in [-0.25, -0.2) is 13.4 Å². The molecule has 0 spiro atoms. The van der Waals surface area contributed by atoms with Crippen LogP contribution in [0, 0.1) is 0 Å². The second-order valence-electron chi connectivity index (χ2n) is 5.07. The molecule has 118 valence electrons. The molecule has 0 atom stereocenters. The number of nitrogens with zero attached hydrogens (tertiary/aromatic N) is 2. The lowest BCUT2D eigenvalue weighted by Crippen LogP contribution is -2.36. The third kappa shape index (κ3) is 3.76. The first kappa shape index (κ1) is 15.3. The molecule has 2 aromatic rings. The zero-order valence-corrected chi connectivity index (χ0v) is 13.8. The fourth-order valence-electron chi connectivity index (χ4n) is 2.22. The molecule has 1 fully saturated rings. The van der Waals surface area contributed by atoms with Crippen LogP contribution in [0.3, 0.4) is 0 Å². The van der Waals surface area contributed by atoms with E-state index in [9.17, 15) is 8.42 Å². The minimum atomic E-state index is -3.25. The molecular formula is C14H17N3O3S2. The maximum atomic E-state index is 11.2. The van der Waals surface area contributed by atoms with Crippen molar-refractivity contribution < 1.29 is 13.2 Å². The van der Waals surface area contributed by atoms with Crippen molar-refractivity contribution in [1.82, 2.24) is 4.98 Å². The number of nitrogens with one attached hydrogen (secondary N) is 1. The Kier molecular flexibility index (Phi) is 4.32. The Morgan fingerprint density at radius 2 is 1.91 bits per heavy atom. The summed E-state index contributed by atoms with van der Waals surface area (Å²) in [7, 11) is -3.25. The van der Waals surface area contributed by atoms with Gasteiger partial charge in [-0.05, 0) is 12.1 Å². The zero-order chi connectivity index (χ0) is 15.6. The van der Waals surface area contributed by atoms with Gasteiger partial charge in [-0.3, -0.25) is 4.72 Å². The monoisotopic (exact) mass is 339 g/mol. The quantitative estimate of drug-likeness (QED) is 0.923. The van der Waals surface area contributed by atoms with Crippen molar-refractivity contribution in [2.24, 2.45) is 0 Å². The average Bonchev–Trinajstić information content (AvgIpc) is 2.97. The number of benzene rings is 1. The van der Waals surface area contributed by atoms with E-state index in [0.29, 0.717) is 5.69 Å². The van der Waals surface area contributed by atoms with Crippen LogP contribution in [0.15, 0.2) is 29.6 Å². The second-order valence-corrected chi connectivity index (χ2v) is 7.65. The van der Waals surface area contributed by atoms with Crippen molar-refractivity contribution in [3.63, 3.8) is 0 Å². The molecule has 1 aromatic heterocycles. The first-order valence-corrected chi connectivity index (χ1v) is 9.65. The van der Waals surface area contributed by atoms with Crippen molar-refractivity contribution in [1.29, 1.82) is 0 Å². The molecule has 0 bridgehead atoms. The lowest BCUT2D eigenvalue weighted by atomic mass is 10.1. The topological polar surface area (TPSA) is 71.5 Å². The maximum absolute atomic E-state index is 11.2. The van der Waals surface area contributed by atoms with Gasteiger partial charge in [-0.2, -0.15) is 0 Å². The van der Waals surface area contributed by atoms with Gasteiger partial charge in [0.1, 0.15) is 0 Å². The predicted molar refractivity (Wildman–Crippen MR) is 89.0 cm³/mol. The largest absolute Gasteiger partial charge is 0.378 e. The van der Waals surface area contributed by atoms with E-state index in [1.54, 1.807) is 23.5 Å². The van der Waals surface area contributed by atoms with E-state index < -0.39 is 10.0 Å². The summed E-state index contributed by atoms with van der Waals surface area (Å²) in [6.07, 6.45) is 1.13. The van der Waals surface area contributed by atoms with Gasteiger partial charge in [-0.15, -0.1) is 11.3 Å². The van der Waals surface area contributed by atoms with E-state index in [0.717, 1.165) is 48.9 Å². The Morgan fingerprint density at radius 1 is 1.23 bits per heavy atom. The Bertz CT molecular complexity index is 735. The fourth-order valence-corrected chi connectivity index (χ4v) is 3.67. The number of aromatic nitrogens is 1.